The van der Waals surface area contributed by atoms with E-state index in [-0.39, 0.29) is 12.2 Å². The minimum absolute atomic E-state index is 0.0699. The zero-order valence-corrected chi connectivity index (χ0v) is 14.1. The molecule has 1 aromatic heterocycles. The second kappa shape index (κ2) is 7.51. The van der Waals surface area contributed by atoms with Crippen molar-refractivity contribution < 1.29 is 14.9 Å². The van der Waals surface area contributed by atoms with E-state index < -0.39 is 41.4 Å². The molecule has 2 unspecified atom stereocenters. The van der Waals surface area contributed by atoms with Crippen molar-refractivity contribution in [2.45, 2.75) is 37.6 Å². The van der Waals surface area contributed by atoms with Gasteiger partial charge in [0.1, 0.15) is 5.56 Å². The minimum atomic E-state index is -1.09. The van der Waals surface area contributed by atoms with Crippen molar-refractivity contribution in [1.29, 1.82) is 0 Å². The number of aliphatic hydroxyl groups excluding tert-OH is 1. The standard InChI is InChI=1S/C14H20N6O5/c1-4-9-10(17-18-15)11(21)8(6-25-9)16-5-7-12(22)19(2)14(24)20(3)13(7)23/h5,8-11,21-22H,4,6H2,1-3H3/t8?,9?,10-,11+/m0/s1. The highest BCUT2D eigenvalue weighted by Crippen LogP contribution is 2.23. The zero-order valence-electron chi connectivity index (χ0n) is 14.1. The predicted octanol–water partition coefficient (Wildman–Crippen LogP) is -0.574. The molecule has 1 fully saturated rings. The average Bonchev–Trinajstić information content (AvgIpc) is 2.61. The lowest BCUT2D eigenvalue weighted by Crippen LogP contribution is -2.51. The van der Waals surface area contributed by atoms with Crippen molar-refractivity contribution in [1.82, 2.24) is 9.13 Å². The molecule has 0 amide bonds. The maximum absolute atomic E-state index is 12.1. The van der Waals surface area contributed by atoms with Gasteiger partial charge >= 0.3 is 5.69 Å². The highest BCUT2D eigenvalue weighted by molar-refractivity contribution is 5.82. The van der Waals surface area contributed by atoms with Gasteiger partial charge in [0.05, 0.1) is 30.9 Å². The first-order chi connectivity index (χ1) is 11.8. The molecule has 0 aliphatic carbocycles. The van der Waals surface area contributed by atoms with Crippen molar-refractivity contribution in [3.8, 4) is 5.88 Å². The lowest BCUT2D eigenvalue weighted by atomic mass is 9.95. The van der Waals surface area contributed by atoms with E-state index in [0.29, 0.717) is 6.42 Å². The minimum Gasteiger partial charge on any atom is -0.494 e. The van der Waals surface area contributed by atoms with Gasteiger partial charge in [0.2, 0.25) is 5.88 Å². The molecule has 1 aliphatic heterocycles. The van der Waals surface area contributed by atoms with Crippen LogP contribution < -0.4 is 11.2 Å². The Balaban J connectivity index is 2.36. The maximum atomic E-state index is 12.1. The van der Waals surface area contributed by atoms with Gasteiger partial charge in [-0.3, -0.25) is 18.9 Å². The number of ether oxygens (including phenoxy) is 1. The van der Waals surface area contributed by atoms with Crippen LogP contribution in [-0.2, 0) is 18.8 Å². The smallest absolute Gasteiger partial charge is 0.333 e. The monoisotopic (exact) mass is 352 g/mol. The van der Waals surface area contributed by atoms with E-state index in [1.54, 1.807) is 0 Å². The van der Waals surface area contributed by atoms with Crippen LogP contribution >= 0.6 is 0 Å². The van der Waals surface area contributed by atoms with Crippen LogP contribution in [-0.4, -0.2) is 56.5 Å². The molecule has 0 radical (unpaired) electrons. The normalized spacial score (nSPS) is 26.6. The van der Waals surface area contributed by atoms with Crippen LogP contribution in [0.2, 0.25) is 0 Å². The average molecular weight is 352 g/mol. The van der Waals surface area contributed by atoms with Crippen molar-refractivity contribution in [3.05, 3.63) is 36.8 Å². The summed E-state index contributed by atoms with van der Waals surface area (Å²) in [6.07, 6.45) is 0.133. The molecule has 0 aromatic carbocycles. The molecule has 11 nitrogen and oxygen atoms in total. The summed E-state index contributed by atoms with van der Waals surface area (Å²) in [6.45, 7) is 1.91. The van der Waals surface area contributed by atoms with E-state index in [9.17, 15) is 19.8 Å². The number of rotatable bonds is 4. The van der Waals surface area contributed by atoms with E-state index >= 15 is 0 Å². The molecule has 136 valence electrons. The second-order valence-electron chi connectivity index (χ2n) is 5.75. The first-order valence-electron chi connectivity index (χ1n) is 7.69. The molecule has 1 aliphatic rings. The van der Waals surface area contributed by atoms with Crippen LogP contribution in [0.5, 0.6) is 5.88 Å². The Kier molecular flexibility index (Phi) is 5.62. The first kappa shape index (κ1) is 18.7. The summed E-state index contributed by atoms with van der Waals surface area (Å²) in [4.78, 5) is 30.7. The fourth-order valence-electron chi connectivity index (χ4n) is 2.70. The molecule has 25 heavy (non-hydrogen) atoms. The second-order valence-corrected chi connectivity index (χ2v) is 5.75. The van der Waals surface area contributed by atoms with Crippen LogP contribution in [0.3, 0.4) is 0 Å². The summed E-state index contributed by atoms with van der Waals surface area (Å²) in [5.41, 5.74) is 7.08. The summed E-state index contributed by atoms with van der Waals surface area (Å²) in [6, 6.07) is -1.58. The Labute approximate surface area is 142 Å². The van der Waals surface area contributed by atoms with Crippen LogP contribution in [0.4, 0.5) is 0 Å². The first-order valence-corrected chi connectivity index (χ1v) is 7.69. The highest BCUT2D eigenvalue weighted by Gasteiger charge is 2.38. The molecule has 4 atom stereocenters. The topological polar surface area (TPSA) is 155 Å². The van der Waals surface area contributed by atoms with E-state index in [2.05, 4.69) is 15.0 Å². The van der Waals surface area contributed by atoms with Gasteiger partial charge in [-0.05, 0) is 12.0 Å². The lowest BCUT2D eigenvalue weighted by Gasteiger charge is -2.36. The van der Waals surface area contributed by atoms with Crippen LogP contribution in [0, 0.1) is 0 Å². The van der Waals surface area contributed by atoms with E-state index in [1.165, 1.54) is 14.1 Å². The number of aliphatic hydroxyl groups is 1. The molecule has 1 saturated heterocycles. The largest absolute Gasteiger partial charge is 0.494 e. The molecular weight excluding hydrogens is 332 g/mol. The van der Waals surface area contributed by atoms with Gasteiger partial charge in [0.25, 0.3) is 5.56 Å². The van der Waals surface area contributed by atoms with Gasteiger partial charge in [0, 0.05) is 25.2 Å². The molecule has 0 saturated carbocycles. The summed E-state index contributed by atoms with van der Waals surface area (Å²) in [7, 11) is 2.60. The van der Waals surface area contributed by atoms with Crippen molar-refractivity contribution in [2.75, 3.05) is 6.61 Å². The van der Waals surface area contributed by atoms with Gasteiger partial charge in [-0.2, -0.15) is 0 Å². The Bertz CT molecular complexity index is 837. The molecular formula is C14H20N6O5. The number of aromatic hydroxyl groups is 1. The van der Waals surface area contributed by atoms with E-state index in [4.69, 9.17) is 10.3 Å². The third kappa shape index (κ3) is 3.43. The fraction of sp³-hybridized carbons (Fsp3) is 0.643. The maximum Gasteiger partial charge on any atom is 0.333 e. The number of nitrogens with zero attached hydrogens (tertiary/aromatic N) is 6. The Morgan fingerprint density at radius 2 is 2.08 bits per heavy atom. The Morgan fingerprint density at radius 3 is 2.68 bits per heavy atom. The molecule has 0 bridgehead atoms. The SMILES string of the molecule is CCC1OCC(N=Cc2c(O)n(C)c(=O)n(C)c2=O)[C@@H](O)[C@H]1N=[N+]=[N-]. The van der Waals surface area contributed by atoms with E-state index in [1.807, 2.05) is 6.92 Å². The Morgan fingerprint density at radius 1 is 1.40 bits per heavy atom. The van der Waals surface area contributed by atoms with Gasteiger partial charge in [-0.1, -0.05) is 12.0 Å². The summed E-state index contributed by atoms with van der Waals surface area (Å²) < 4.78 is 7.30. The number of aromatic nitrogens is 2. The quantitative estimate of drug-likeness (QED) is 0.321. The summed E-state index contributed by atoms with van der Waals surface area (Å²) >= 11 is 0. The van der Waals surface area contributed by atoms with E-state index in [0.717, 1.165) is 15.3 Å². The predicted molar refractivity (Wildman–Crippen MR) is 88.9 cm³/mol. The van der Waals surface area contributed by atoms with Crippen LogP contribution in [0.25, 0.3) is 10.4 Å². The third-order valence-electron chi connectivity index (χ3n) is 4.26. The molecule has 0 spiro atoms. The van der Waals surface area contributed by atoms with Crippen LogP contribution in [0.1, 0.15) is 18.9 Å². The van der Waals surface area contributed by atoms with Crippen molar-refractivity contribution in [2.24, 2.45) is 24.2 Å². The highest BCUT2D eigenvalue weighted by atomic mass is 16.5. The summed E-state index contributed by atoms with van der Waals surface area (Å²) in [5.74, 6) is -0.527. The van der Waals surface area contributed by atoms with Gasteiger partial charge in [0.15, 0.2) is 0 Å². The van der Waals surface area contributed by atoms with Gasteiger partial charge < -0.3 is 14.9 Å². The third-order valence-corrected chi connectivity index (χ3v) is 4.26. The number of hydrogen-bond donors (Lipinski definition) is 2. The fourth-order valence-corrected chi connectivity index (χ4v) is 2.70. The zero-order chi connectivity index (χ0) is 18.7. The molecule has 2 N–H and O–H groups in total. The lowest BCUT2D eigenvalue weighted by molar-refractivity contribution is -0.0723. The number of hydrogen-bond acceptors (Lipinski definition) is 7. The van der Waals surface area contributed by atoms with Crippen LogP contribution in [0.15, 0.2) is 19.7 Å². The van der Waals surface area contributed by atoms with Crippen molar-refractivity contribution in [3.63, 3.8) is 0 Å². The molecule has 2 heterocycles. The van der Waals surface area contributed by atoms with Gasteiger partial charge in [-0.25, -0.2) is 4.79 Å². The van der Waals surface area contributed by atoms with Gasteiger partial charge in [-0.15, -0.1) is 0 Å². The number of azide groups is 1. The summed E-state index contributed by atoms with van der Waals surface area (Å²) in [5, 5.41) is 23.9. The number of aliphatic imine (C=N–C) groups is 1. The molecule has 2 rings (SSSR count). The Hall–Kier alpha value is -2.62. The molecule has 11 heteroatoms. The van der Waals surface area contributed by atoms with Crippen molar-refractivity contribution >= 4 is 6.21 Å². The molecule has 1 aromatic rings.